The van der Waals surface area contributed by atoms with Crippen LogP contribution >= 0.6 is 11.3 Å². The van der Waals surface area contributed by atoms with Crippen molar-refractivity contribution in [1.82, 2.24) is 4.98 Å². The van der Waals surface area contributed by atoms with E-state index >= 15 is 0 Å². The van der Waals surface area contributed by atoms with Crippen LogP contribution in [-0.2, 0) is 14.3 Å². The lowest BCUT2D eigenvalue weighted by atomic mass is 9.79. The zero-order chi connectivity index (χ0) is 16.8. The molecule has 2 aromatic rings. The monoisotopic (exact) mass is 348 g/mol. The molecule has 4 atom stereocenters. The van der Waals surface area contributed by atoms with Gasteiger partial charge in [0.25, 0.3) is 0 Å². The van der Waals surface area contributed by atoms with E-state index < -0.39 is 17.8 Å². The summed E-state index contributed by atoms with van der Waals surface area (Å²) in [6.07, 6.45) is 0.754. The van der Waals surface area contributed by atoms with Crippen LogP contribution in [0, 0.1) is 11.8 Å². The fraction of sp³-hybridized carbons (Fsp3) is 0.438. The largest absolute Gasteiger partial charge is 0.497 e. The summed E-state index contributed by atoms with van der Waals surface area (Å²) < 4.78 is 11.7. The second-order valence-electron chi connectivity index (χ2n) is 6.02. The van der Waals surface area contributed by atoms with Gasteiger partial charge in [0, 0.05) is 0 Å². The molecule has 0 unspecified atom stereocenters. The molecule has 3 heterocycles. The highest BCUT2D eigenvalue weighted by atomic mass is 32.1. The predicted octanol–water partition coefficient (Wildman–Crippen LogP) is 2.12. The van der Waals surface area contributed by atoms with Gasteiger partial charge in [-0.3, -0.25) is 9.59 Å². The van der Waals surface area contributed by atoms with Gasteiger partial charge in [-0.15, -0.1) is 0 Å². The van der Waals surface area contributed by atoms with Gasteiger partial charge in [-0.2, -0.15) is 0 Å². The van der Waals surface area contributed by atoms with Crippen molar-refractivity contribution in [1.29, 1.82) is 0 Å². The number of carboxylic acids is 1. The SMILES string of the molecule is COc1ccc2nc(NC(=O)[C@H]3[C@@H](C(=O)O)[C@@H]4CC[C@H]3O4)sc2c1. The van der Waals surface area contributed by atoms with Crippen molar-refractivity contribution in [3.63, 3.8) is 0 Å². The number of carbonyl (C=O) groups excluding carboxylic acids is 1. The minimum atomic E-state index is -0.976. The molecule has 7 nitrogen and oxygen atoms in total. The maximum atomic E-state index is 12.6. The summed E-state index contributed by atoms with van der Waals surface area (Å²) in [6.45, 7) is 0. The van der Waals surface area contributed by atoms with Gasteiger partial charge < -0.3 is 19.9 Å². The summed E-state index contributed by atoms with van der Waals surface area (Å²) in [4.78, 5) is 28.5. The Kier molecular flexibility index (Phi) is 3.65. The molecule has 2 N–H and O–H groups in total. The highest BCUT2D eigenvalue weighted by Crippen LogP contribution is 2.44. The number of aromatic nitrogens is 1. The first-order valence-electron chi connectivity index (χ1n) is 7.70. The molecule has 1 amide bonds. The number of nitrogens with one attached hydrogen (secondary N) is 1. The fourth-order valence-electron chi connectivity index (χ4n) is 3.60. The van der Waals surface area contributed by atoms with E-state index in [-0.39, 0.29) is 18.1 Å². The van der Waals surface area contributed by atoms with Crippen molar-refractivity contribution in [2.45, 2.75) is 25.0 Å². The van der Waals surface area contributed by atoms with Crippen LogP contribution in [0.25, 0.3) is 10.2 Å². The number of benzene rings is 1. The quantitative estimate of drug-likeness (QED) is 0.878. The zero-order valence-electron chi connectivity index (χ0n) is 12.9. The van der Waals surface area contributed by atoms with E-state index in [2.05, 4.69) is 10.3 Å². The maximum absolute atomic E-state index is 12.6. The smallest absolute Gasteiger partial charge is 0.310 e. The van der Waals surface area contributed by atoms with Crippen molar-refractivity contribution in [3.05, 3.63) is 18.2 Å². The molecule has 0 spiro atoms. The third-order valence-corrected chi connectivity index (χ3v) is 5.62. The number of nitrogens with zero attached hydrogens (tertiary/aromatic N) is 1. The van der Waals surface area contributed by atoms with Crippen LogP contribution in [0.15, 0.2) is 18.2 Å². The molecular formula is C16H16N2O5S. The van der Waals surface area contributed by atoms with Crippen LogP contribution in [0.2, 0.25) is 0 Å². The van der Waals surface area contributed by atoms with E-state index in [4.69, 9.17) is 9.47 Å². The Balaban J connectivity index is 1.56. The lowest BCUT2D eigenvalue weighted by molar-refractivity contribution is -0.147. The van der Waals surface area contributed by atoms with Gasteiger partial charge >= 0.3 is 5.97 Å². The summed E-state index contributed by atoms with van der Waals surface area (Å²) >= 11 is 1.33. The predicted molar refractivity (Wildman–Crippen MR) is 87.3 cm³/mol. The standard InChI is InChI=1S/C16H16N2O5S/c1-22-7-2-3-8-11(6-7)24-16(17-8)18-14(19)12-9-4-5-10(23-9)13(12)15(20)21/h2-3,6,9-10,12-13H,4-5H2,1H3,(H,20,21)(H,17,18,19)/t9-,10+,12-,13+/m1/s1. The van der Waals surface area contributed by atoms with Gasteiger partial charge in [0.15, 0.2) is 5.13 Å². The van der Waals surface area contributed by atoms with Crippen LogP contribution in [0.5, 0.6) is 5.75 Å². The molecule has 24 heavy (non-hydrogen) atoms. The van der Waals surface area contributed by atoms with E-state index in [1.54, 1.807) is 13.2 Å². The average molecular weight is 348 g/mol. The van der Waals surface area contributed by atoms with Crippen molar-refractivity contribution in [2.24, 2.45) is 11.8 Å². The Bertz CT molecular complexity index is 820. The van der Waals surface area contributed by atoms with Gasteiger partial charge in [-0.25, -0.2) is 4.98 Å². The van der Waals surface area contributed by atoms with E-state index in [0.717, 1.165) is 22.4 Å². The number of thiazole rings is 1. The minimum Gasteiger partial charge on any atom is -0.497 e. The fourth-order valence-corrected chi connectivity index (χ4v) is 4.50. The van der Waals surface area contributed by atoms with Gasteiger partial charge in [0.05, 0.1) is 41.4 Å². The van der Waals surface area contributed by atoms with Crippen LogP contribution in [0.4, 0.5) is 5.13 Å². The summed E-state index contributed by atoms with van der Waals surface area (Å²) in [7, 11) is 1.59. The van der Waals surface area contributed by atoms with E-state index in [0.29, 0.717) is 11.6 Å². The lowest BCUT2D eigenvalue weighted by Crippen LogP contribution is -2.40. The normalized spacial score (nSPS) is 28.2. The summed E-state index contributed by atoms with van der Waals surface area (Å²) in [5.74, 6) is -2.03. The van der Waals surface area contributed by atoms with Crippen LogP contribution in [0.3, 0.4) is 0 Å². The molecule has 4 rings (SSSR count). The van der Waals surface area contributed by atoms with Crippen molar-refractivity contribution >= 4 is 38.6 Å². The van der Waals surface area contributed by atoms with Crippen LogP contribution < -0.4 is 10.1 Å². The van der Waals surface area contributed by atoms with Gasteiger partial charge in [-0.05, 0) is 31.0 Å². The topological polar surface area (TPSA) is 97.8 Å². The zero-order valence-corrected chi connectivity index (χ0v) is 13.7. The van der Waals surface area contributed by atoms with Crippen LogP contribution in [0.1, 0.15) is 12.8 Å². The second kappa shape index (κ2) is 5.71. The Hall–Kier alpha value is -2.19. The molecule has 1 aromatic heterocycles. The summed E-state index contributed by atoms with van der Waals surface area (Å²) in [6, 6.07) is 5.47. The first kappa shape index (κ1) is 15.3. The number of carboxylic acid groups (broad SMARTS) is 1. The molecule has 0 radical (unpaired) electrons. The molecular weight excluding hydrogens is 332 g/mol. The van der Waals surface area contributed by atoms with E-state index in [1.807, 2.05) is 12.1 Å². The number of anilines is 1. The Morgan fingerprint density at radius 3 is 2.79 bits per heavy atom. The third-order valence-electron chi connectivity index (χ3n) is 4.69. The maximum Gasteiger partial charge on any atom is 0.310 e. The number of carbonyl (C=O) groups is 2. The molecule has 0 aliphatic carbocycles. The van der Waals surface area contributed by atoms with Gasteiger partial charge in [0.1, 0.15) is 5.75 Å². The van der Waals surface area contributed by atoms with E-state index in [1.165, 1.54) is 11.3 Å². The van der Waals surface area contributed by atoms with Gasteiger partial charge in [0.2, 0.25) is 5.91 Å². The number of amides is 1. The number of ether oxygens (including phenoxy) is 2. The number of fused-ring (bicyclic) bond motifs is 3. The van der Waals surface area contributed by atoms with Crippen LogP contribution in [-0.4, -0.2) is 41.3 Å². The van der Waals surface area contributed by atoms with E-state index in [9.17, 15) is 14.7 Å². The summed E-state index contributed by atoms with van der Waals surface area (Å²) in [5.41, 5.74) is 0.759. The highest BCUT2D eigenvalue weighted by molar-refractivity contribution is 7.22. The first-order valence-corrected chi connectivity index (χ1v) is 8.52. The van der Waals surface area contributed by atoms with Gasteiger partial charge in [-0.1, -0.05) is 11.3 Å². The lowest BCUT2D eigenvalue weighted by Gasteiger charge is -2.23. The number of hydrogen-bond acceptors (Lipinski definition) is 6. The second-order valence-corrected chi connectivity index (χ2v) is 7.05. The Morgan fingerprint density at radius 2 is 2.08 bits per heavy atom. The average Bonchev–Trinajstić information content (AvgIpc) is 3.26. The van der Waals surface area contributed by atoms with Crippen molar-refractivity contribution < 1.29 is 24.2 Å². The number of methoxy groups -OCH3 is 1. The molecule has 1 aromatic carbocycles. The molecule has 2 bridgehead atoms. The highest BCUT2D eigenvalue weighted by Gasteiger charge is 2.55. The minimum absolute atomic E-state index is 0.314. The first-order chi connectivity index (χ1) is 11.6. The molecule has 126 valence electrons. The molecule has 2 aliphatic heterocycles. The number of aliphatic carboxylic acids is 1. The molecule has 2 saturated heterocycles. The van der Waals surface area contributed by atoms with Crippen molar-refractivity contribution in [3.8, 4) is 5.75 Å². The molecule has 0 saturated carbocycles. The third kappa shape index (κ3) is 2.42. The molecule has 2 fully saturated rings. The van der Waals surface area contributed by atoms with Crippen molar-refractivity contribution in [2.75, 3.05) is 12.4 Å². The number of rotatable bonds is 4. The number of hydrogen-bond donors (Lipinski definition) is 2. The summed E-state index contributed by atoms with van der Waals surface area (Å²) in [5, 5.41) is 12.6. The molecule has 2 aliphatic rings. The molecule has 8 heteroatoms. The Morgan fingerprint density at radius 1 is 1.33 bits per heavy atom. The Labute approximate surface area is 141 Å².